The van der Waals surface area contributed by atoms with Crippen molar-refractivity contribution in [2.45, 2.75) is 269 Å². The Morgan fingerprint density at radius 2 is 1.00 bits per heavy atom. The third kappa shape index (κ3) is 39.3. The Bertz CT molecular complexity index is 1470. The number of unbranched alkanes of at least 4 members (excludes halogenated alkanes) is 23. The normalized spacial score (nSPS) is 19.7. The molecule has 0 aromatic rings. The van der Waals surface area contributed by atoms with Gasteiger partial charge in [-0.25, -0.2) is 0 Å². The Morgan fingerprint density at radius 3 is 1.53 bits per heavy atom. The number of hydrogen-bond acceptors (Lipinski definition) is 10. The number of allylic oxidation sites excluding steroid dienone is 12. The molecule has 1 heterocycles. The number of aliphatic hydroxyl groups excluding tert-OH is 5. The summed E-state index contributed by atoms with van der Waals surface area (Å²) in [5.74, 6) is -0.272. The Balaban J connectivity index is 2.05. The maximum atomic E-state index is 13.0. The maximum absolute atomic E-state index is 13.0. The summed E-state index contributed by atoms with van der Waals surface area (Å²) in [7, 11) is 0. The van der Waals surface area contributed by atoms with E-state index in [0.29, 0.717) is 25.9 Å². The van der Waals surface area contributed by atoms with Crippen molar-refractivity contribution < 1.29 is 49.3 Å². The summed E-state index contributed by atoms with van der Waals surface area (Å²) >= 11 is 0. The summed E-state index contributed by atoms with van der Waals surface area (Å²) in [6, 6.07) is -0.839. The predicted octanol–water partition coefficient (Wildman–Crippen LogP) is 13.0. The largest absolute Gasteiger partial charge is 0.465 e. The molecule has 11 nitrogen and oxygen atoms in total. The van der Waals surface area contributed by atoms with E-state index in [1.807, 2.05) is 19.1 Å². The molecule has 1 fully saturated rings. The molecule has 1 rings (SSSR count). The summed E-state index contributed by atoms with van der Waals surface area (Å²) in [4.78, 5) is 25.0. The van der Waals surface area contributed by atoms with Crippen molar-refractivity contribution >= 4 is 11.9 Å². The first-order chi connectivity index (χ1) is 35.2. The van der Waals surface area contributed by atoms with Crippen molar-refractivity contribution in [1.29, 1.82) is 0 Å². The third-order valence-electron chi connectivity index (χ3n) is 13.0. The fourth-order valence-corrected chi connectivity index (χ4v) is 8.44. The van der Waals surface area contributed by atoms with E-state index in [1.165, 1.54) is 103 Å². The van der Waals surface area contributed by atoms with Gasteiger partial charge >= 0.3 is 5.97 Å². The molecule has 1 amide bonds. The summed E-state index contributed by atoms with van der Waals surface area (Å²) < 4.78 is 16.6. The molecule has 1 aliphatic rings. The van der Waals surface area contributed by atoms with Crippen LogP contribution < -0.4 is 5.32 Å². The molecule has 0 radical (unpaired) electrons. The van der Waals surface area contributed by atoms with Crippen LogP contribution in [0.5, 0.6) is 0 Å². The number of aliphatic hydroxyl groups is 5. The summed E-state index contributed by atoms with van der Waals surface area (Å²) in [5.41, 5.74) is 0. The van der Waals surface area contributed by atoms with Crippen LogP contribution in [0.15, 0.2) is 85.1 Å². The van der Waals surface area contributed by atoms with Crippen LogP contribution in [-0.4, -0.2) is 100 Å². The molecule has 0 spiro atoms. The molecule has 0 aliphatic carbocycles. The minimum atomic E-state index is -1.58. The van der Waals surface area contributed by atoms with Crippen LogP contribution in [0.3, 0.4) is 0 Å². The molecule has 0 saturated carbocycles. The molecule has 1 aliphatic heterocycles. The SMILES string of the molecule is C/C=C/CC/C=C/CC/C=C/C(O)C(COC1OC(CO)C(O)C(O)C1O)NC(=O)CCCCCCCCCCCCCCCC/C=C\C/C=C\CCOC(=O)CCCCCCC/C=C\C/C=C\CCCC. The van der Waals surface area contributed by atoms with Crippen LogP contribution in [0.4, 0.5) is 0 Å². The second-order valence-corrected chi connectivity index (χ2v) is 19.6. The zero-order chi connectivity index (χ0) is 52.4. The van der Waals surface area contributed by atoms with Crippen molar-refractivity contribution in [2.24, 2.45) is 0 Å². The van der Waals surface area contributed by atoms with Crippen molar-refractivity contribution in [3.8, 4) is 0 Å². The van der Waals surface area contributed by atoms with Gasteiger partial charge in [-0.05, 0) is 96.8 Å². The van der Waals surface area contributed by atoms with Gasteiger partial charge in [0.15, 0.2) is 6.29 Å². The van der Waals surface area contributed by atoms with Crippen LogP contribution in [-0.2, 0) is 23.8 Å². The first-order valence-electron chi connectivity index (χ1n) is 28.8. The Labute approximate surface area is 438 Å². The number of rotatable bonds is 48. The fraction of sp³-hybridized carbons (Fsp3) is 0.738. The Morgan fingerprint density at radius 1 is 0.542 bits per heavy atom. The second kappa shape index (κ2) is 50.0. The van der Waals surface area contributed by atoms with Crippen molar-refractivity contribution in [3.05, 3.63) is 85.1 Å². The van der Waals surface area contributed by atoms with Gasteiger partial charge in [-0.1, -0.05) is 201 Å². The number of amides is 1. The number of carbonyl (C=O) groups is 2. The van der Waals surface area contributed by atoms with E-state index >= 15 is 0 Å². The zero-order valence-electron chi connectivity index (χ0n) is 45.4. The van der Waals surface area contributed by atoms with E-state index in [0.717, 1.165) is 89.9 Å². The van der Waals surface area contributed by atoms with E-state index in [9.17, 15) is 35.1 Å². The lowest BCUT2D eigenvalue weighted by atomic mass is 9.99. The summed E-state index contributed by atoms with van der Waals surface area (Å²) in [5, 5.41) is 54.1. The number of ether oxygens (including phenoxy) is 3. The topological polar surface area (TPSA) is 175 Å². The quantitative estimate of drug-likeness (QED) is 0.0195. The van der Waals surface area contributed by atoms with Gasteiger partial charge in [-0.3, -0.25) is 9.59 Å². The van der Waals surface area contributed by atoms with Gasteiger partial charge in [0.05, 0.1) is 32.0 Å². The van der Waals surface area contributed by atoms with Crippen molar-refractivity contribution in [1.82, 2.24) is 5.32 Å². The van der Waals surface area contributed by atoms with Crippen LogP contribution in [0, 0.1) is 0 Å². The first-order valence-corrected chi connectivity index (χ1v) is 28.8. The Kier molecular flexibility index (Phi) is 46.4. The molecule has 72 heavy (non-hydrogen) atoms. The standard InChI is InChI=1S/C61H105NO10/c1-3-5-7-9-11-13-14-15-26-29-33-37-41-45-49-57(66)70-50-46-42-38-34-30-27-24-22-20-18-16-17-19-21-23-25-28-32-36-40-44-48-56(65)62-53(54(64)47-43-39-35-31-12-10-8-6-4-2)52-71-61-60(69)59(68)58(67)55(51-63)72-61/h4,6,9,11-12,14-15,27,30-31,38,42-43,47,53-55,58-61,63-64,67-69H,3,5,7-8,10,13,16-26,28-29,32-37,39-41,44-46,48-52H2,1-2H3,(H,62,65)/b6-4+,11-9-,15-14-,30-27-,31-12+,42-38-,47-43+. The van der Waals surface area contributed by atoms with E-state index in [1.54, 1.807) is 6.08 Å². The van der Waals surface area contributed by atoms with E-state index in [2.05, 4.69) is 79.1 Å². The molecule has 6 N–H and O–H groups in total. The lowest BCUT2D eigenvalue weighted by Gasteiger charge is -2.40. The number of hydrogen-bond donors (Lipinski definition) is 6. The van der Waals surface area contributed by atoms with Gasteiger partial charge in [-0.2, -0.15) is 0 Å². The summed E-state index contributed by atoms with van der Waals surface area (Å²) in [6.45, 7) is 3.91. The highest BCUT2D eigenvalue weighted by Crippen LogP contribution is 2.23. The predicted molar refractivity (Wildman–Crippen MR) is 296 cm³/mol. The van der Waals surface area contributed by atoms with Gasteiger partial charge in [-0.15, -0.1) is 0 Å². The minimum Gasteiger partial charge on any atom is -0.465 e. The monoisotopic (exact) mass is 1010 g/mol. The van der Waals surface area contributed by atoms with Crippen LogP contribution in [0.1, 0.15) is 226 Å². The average Bonchev–Trinajstić information content (AvgIpc) is 3.38. The van der Waals surface area contributed by atoms with Crippen LogP contribution >= 0.6 is 0 Å². The lowest BCUT2D eigenvalue weighted by Crippen LogP contribution is -2.60. The van der Waals surface area contributed by atoms with E-state index < -0.39 is 49.5 Å². The molecular formula is C61H105NO10. The fourth-order valence-electron chi connectivity index (χ4n) is 8.44. The smallest absolute Gasteiger partial charge is 0.305 e. The van der Waals surface area contributed by atoms with Crippen LogP contribution in [0.2, 0.25) is 0 Å². The molecule has 0 aromatic carbocycles. The van der Waals surface area contributed by atoms with Crippen molar-refractivity contribution in [3.63, 3.8) is 0 Å². The molecule has 1 saturated heterocycles. The second-order valence-electron chi connectivity index (χ2n) is 19.6. The lowest BCUT2D eigenvalue weighted by molar-refractivity contribution is -0.302. The number of nitrogens with one attached hydrogen (secondary N) is 1. The minimum absolute atomic E-state index is 0.0655. The average molecular weight is 1010 g/mol. The van der Waals surface area contributed by atoms with Crippen LogP contribution in [0.25, 0.3) is 0 Å². The van der Waals surface area contributed by atoms with Crippen molar-refractivity contribution in [2.75, 3.05) is 19.8 Å². The van der Waals surface area contributed by atoms with E-state index in [-0.39, 0.29) is 18.5 Å². The molecular weight excluding hydrogens is 907 g/mol. The molecule has 11 heteroatoms. The molecule has 414 valence electrons. The van der Waals surface area contributed by atoms with E-state index in [4.69, 9.17) is 14.2 Å². The number of carbonyl (C=O) groups excluding carboxylic acids is 2. The highest BCUT2D eigenvalue weighted by molar-refractivity contribution is 5.76. The van der Waals surface area contributed by atoms with Gasteiger partial charge in [0.2, 0.25) is 5.91 Å². The molecule has 7 atom stereocenters. The highest BCUT2D eigenvalue weighted by atomic mass is 16.7. The Hall–Kier alpha value is -3.16. The highest BCUT2D eigenvalue weighted by Gasteiger charge is 2.44. The summed E-state index contributed by atoms with van der Waals surface area (Å²) in [6.07, 6.45) is 57.2. The third-order valence-corrected chi connectivity index (χ3v) is 13.0. The number of esters is 1. The molecule has 0 bridgehead atoms. The molecule has 0 aromatic heterocycles. The zero-order valence-corrected chi connectivity index (χ0v) is 45.4. The molecule has 7 unspecified atom stereocenters. The van der Waals surface area contributed by atoms with Gasteiger partial charge in [0.25, 0.3) is 0 Å². The maximum Gasteiger partial charge on any atom is 0.305 e. The van der Waals surface area contributed by atoms with Gasteiger partial charge in [0.1, 0.15) is 24.4 Å². The van der Waals surface area contributed by atoms with Gasteiger partial charge in [0, 0.05) is 12.8 Å². The van der Waals surface area contributed by atoms with Gasteiger partial charge < -0.3 is 45.1 Å². The first kappa shape index (κ1) is 66.9.